The van der Waals surface area contributed by atoms with Crippen molar-refractivity contribution in [3.63, 3.8) is 0 Å². The third-order valence-corrected chi connectivity index (χ3v) is 2.16. The highest BCUT2D eigenvalue weighted by Crippen LogP contribution is 2.23. The summed E-state index contributed by atoms with van der Waals surface area (Å²) in [4.78, 5) is 7.32. The van der Waals surface area contributed by atoms with Gasteiger partial charge in [-0.1, -0.05) is 17.7 Å². The Hall–Kier alpha value is -1.31. The number of hydrogen-bond acceptors (Lipinski definition) is 1. The van der Waals surface area contributed by atoms with Crippen molar-refractivity contribution in [2.75, 3.05) is 0 Å². The van der Waals surface area contributed by atoms with Gasteiger partial charge in [0.05, 0.1) is 0 Å². The first-order valence-electron chi connectivity index (χ1n) is 4.22. The predicted molar refractivity (Wildman–Crippen MR) is 49.6 cm³/mol. The van der Waals surface area contributed by atoms with Crippen LogP contribution in [-0.2, 0) is 0 Å². The van der Waals surface area contributed by atoms with Crippen molar-refractivity contribution in [3.05, 3.63) is 35.9 Å². The van der Waals surface area contributed by atoms with Gasteiger partial charge in [0.1, 0.15) is 5.82 Å². The summed E-state index contributed by atoms with van der Waals surface area (Å²) in [6.07, 6.45) is 10.2. The number of nitrogens with one attached hydrogen (secondary N) is 1. The van der Waals surface area contributed by atoms with E-state index in [2.05, 4.69) is 29.0 Å². The number of imidazole rings is 1. The Balaban J connectivity index is 2.27. The largest absolute Gasteiger partial charge is 0.345 e. The molecule has 0 atom stereocenters. The minimum absolute atomic E-state index is 1.01. The molecule has 0 fully saturated rings. The molecule has 1 aliphatic carbocycles. The summed E-state index contributed by atoms with van der Waals surface area (Å²) in [6.45, 7) is 2.16. The summed E-state index contributed by atoms with van der Waals surface area (Å²) in [5.41, 5.74) is 2.76. The van der Waals surface area contributed by atoms with Crippen LogP contribution >= 0.6 is 0 Å². The van der Waals surface area contributed by atoms with Crippen molar-refractivity contribution >= 4 is 5.57 Å². The molecule has 0 saturated carbocycles. The molecule has 1 heterocycles. The molecule has 0 amide bonds. The third-order valence-electron chi connectivity index (χ3n) is 2.16. The van der Waals surface area contributed by atoms with Crippen LogP contribution in [0.1, 0.15) is 25.6 Å². The molecule has 0 aliphatic heterocycles. The van der Waals surface area contributed by atoms with Crippen LogP contribution in [0.2, 0.25) is 0 Å². The van der Waals surface area contributed by atoms with Crippen LogP contribution in [-0.4, -0.2) is 9.97 Å². The monoisotopic (exact) mass is 160 g/mol. The molecule has 2 rings (SSSR count). The zero-order valence-corrected chi connectivity index (χ0v) is 7.17. The lowest BCUT2D eigenvalue weighted by atomic mass is 9.99. The number of allylic oxidation sites excluding steroid dienone is 4. The maximum absolute atomic E-state index is 4.21. The molecule has 1 aromatic heterocycles. The van der Waals surface area contributed by atoms with Gasteiger partial charge in [-0.05, 0) is 25.3 Å². The topological polar surface area (TPSA) is 28.7 Å². The normalized spacial score (nSPS) is 17.1. The molecule has 0 aromatic carbocycles. The first kappa shape index (κ1) is 7.35. The van der Waals surface area contributed by atoms with E-state index in [1.165, 1.54) is 11.1 Å². The van der Waals surface area contributed by atoms with Crippen LogP contribution in [0.4, 0.5) is 0 Å². The van der Waals surface area contributed by atoms with E-state index in [4.69, 9.17) is 0 Å². The fourth-order valence-electron chi connectivity index (χ4n) is 1.38. The molecule has 1 aromatic rings. The van der Waals surface area contributed by atoms with Gasteiger partial charge in [-0.2, -0.15) is 0 Å². The molecule has 62 valence electrons. The van der Waals surface area contributed by atoms with Gasteiger partial charge in [0.15, 0.2) is 0 Å². The van der Waals surface area contributed by atoms with Crippen molar-refractivity contribution < 1.29 is 0 Å². The van der Waals surface area contributed by atoms with Crippen molar-refractivity contribution in [2.24, 2.45) is 0 Å². The Morgan fingerprint density at radius 2 is 2.25 bits per heavy atom. The van der Waals surface area contributed by atoms with E-state index in [0.717, 1.165) is 18.7 Å². The second kappa shape index (κ2) is 2.97. The van der Waals surface area contributed by atoms with Crippen LogP contribution in [0.5, 0.6) is 0 Å². The summed E-state index contributed by atoms with van der Waals surface area (Å²) >= 11 is 0. The number of hydrogen-bond donors (Lipinski definition) is 1. The highest BCUT2D eigenvalue weighted by atomic mass is 14.9. The SMILES string of the molecule is CC1=CC=C(c2ncc[nH]2)CC1. The van der Waals surface area contributed by atoms with Crippen molar-refractivity contribution in [2.45, 2.75) is 19.8 Å². The maximum Gasteiger partial charge on any atom is 0.133 e. The molecule has 1 N–H and O–H groups in total. The highest BCUT2D eigenvalue weighted by molar-refractivity contribution is 5.63. The van der Waals surface area contributed by atoms with Crippen LogP contribution in [0.25, 0.3) is 5.57 Å². The number of nitrogens with zero attached hydrogens (tertiary/aromatic N) is 1. The summed E-state index contributed by atoms with van der Waals surface area (Å²) in [7, 11) is 0. The van der Waals surface area contributed by atoms with E-state index in [0.29, 0.717) is 0 Å². The number of H-pyrrole nitrogens is 1. The molecule has 1 aliphatic rings. The molecule has 12 heavy (non-hydrogen) atoms. The Morgan fingerprint density at radius 3 is 2.83 bits per heavy atom. The van der Waals surface area contributed by atoms with Gasteiger partial charge in [0.25, 0.3) is 0 Å². The van der Waals surface area contributed by atoms with Gasteiger partial charge < -0.3 is 4.98 Å². The van der Waals surface area contributed by atoms with E-state index in [9.17, 15) is 0 Å². The fourth-order valence-corrected chi connectivity index (χ4v) is 1.38. The Labute approximate surface area is 72.0 Å². The van der Waals surface area contributed by atoms with Gasteiger partial charge in [-0.25, -0.2) is 4.98 Å². The molecular weight excluding hydrogens is 148 g/mol. The average Bonchev–Trinajstić information content (AvgIpc) is 2.58. The van der Waals surface area contributed by atoms with Gasteiger partial charge >= 0.3 is 0 Å². The predicted octanol–water partition coefficient (Wildman–Crippen LogP) is 2.53. The average molecular weight is 160 g/mol. The third kappa shape index (κ3) is 1.33. The van der Waals surface area contributed by atoms with E-state index in [-0.39, 0.29) is 0 Å². The minimum atomic E-state index is 1.01. The van der Waals surface area contributed by atoms with Crippen molar-refractivity contribution in [1.82, 2.24) is 9.97 Å². The van der Waals surface area contributed by atoms with Gasteiger partial charge in [-0.15, -0.1) is 0 Å². The van der Waals surface area contributed by atoms with Crippen molar-refractivity contribution in [3.8, 4) is 0 Å². The first-order chi connectivity index (χ1) is 5.86. The Bertz CT molecular complexity index is 318. The second-order valence-corrected chi connectivity index (χ2v) is 3.14. The van der Waals surface area contributed by atoms with E-state index >= 15 is 0 Å². The van der Waals surface area contributed by atoms with Gasteiger partial charge in [0, 0.05) is 12.4 Å². The number of aromatic nitrogens is 2. The number of rotatable bonds is 1. The molecule has 2 nitrogen and oxygen atoms in total. The lowest BCUT2D eigenvalue weighted by molar-refractivity contribution is 0.961. The summed E-state index contributed by atoms with van der Waals surface area (Å²) in [5, 5.41) is 0. The van der Waals surface area contributed by atoms with E-state index < -0.39 is 0 Å². The highest BCUT2D eigenvalue weighted by Gasteiger charge is 2.06. The smallest absolute Gasteiger partial charge is 0.133 e. The molecule has 0 spiro atoms. The van der Waals surface area contributed by atoms with E-state index in [1.807, 2.05) is 6.20 Å². The second-order valence-electron chi connectivity index (χ2n) is 3.14. The van der Waals surface area contributed by atoms with Gasteiger partial charge in [-0.3, -0.25) is 0 Å². The molecular formula is C10H12N2. The molecule has 0 radical (unpaired) electrons. The number of aromatic amines is 1. The van der Waals surface area contributed by atoms with Crippen LogP contribution in [0, 0.1) is 0 Å². The minimum Gasteiger partial charge on any atom is -0.345 e. The quantitative estimate of drug-likeness (QED) is 0.672. The zero-order chi connectivity index (χ0) is 8.39. The van der Waals surface area contributed by atoms with Crippen molar-refractivity contribution in [1.29, 1.82) is 0 Å². The summed E-state index contributed by atoms with van der Waals surface area (Å²) < 4.78 is 0. The lowest BCUT2D eigenvalue weighted by Crippen LogP contribution is -1.92. The Morgan fingerprint density at radius 1 is 1.33 bits per heavy atom. The lowest BCUT2D eigenvalue weighted by Gasteiger charge is -2.08. The first-order valence-corrected chi connectivity index (χ1v) is 4.22. The van der Waals surface area contributed by atoms with Crippen LogP contribution in [0.3, 0.4) is 0 Å². The van der Waals surface area contributed by atoms with Gasteiger partial charge in [0.2, 0.25) is 0 Å². The van der Waals surface area contributed by atoms with E-state index in [1.54, 1.807) is 6.20 Å². The van der Waals surface area contributed by atoms with Crippen LogP contribution < -0.4 is 0 Å². The zero-order valence-electron chi connectivity index (χ0n) is 7.17. The standard InChI is InChI=1S/C10H12N2/c1-8-2-4-9(5-3-8)10-11-6-7-12-10/h2,4,6-7H,3,5H2,1H3,(H,11,12). The molecule has 0 bridgehead atoms. The maximum atomic E-state index is 4.21. The fraction of sp³-hybridized carbons (Fsp3) is 0.300. The van der Waals surface area contributed by atoms with Crippen LogP contribution in [0.15, 0.2) is 30.1 Å². The summed E-state index contributed by atoms with van der Waals surface area (Å²) in [6, 6.07) is 0. The Kier molecular flexibility index (Phi) is 1.82. The molecule has 0 saturated heterocycles. The molecule has 0 unspecified atom stereocenters. The summed E-state index contributed by atoms with van der Waals surface area (Å²) in [5.74, 6) is 1.01. The molecule has 2 heteroatoms.